The van der Waals surface area contributed by atoms with Crippen molar-refractivity contribution in [1.29, 1.82) is 0 Å². The van der Waals surface area contributed by atoms with Crippen LogP contribution in [0.1, 0.15) is 131 Å². The fraction of sp³-hybridized carbons (Fsp3) is 0.500. The van der Waals surface area contributed by atoms with E-state index in [0.717, 1.165) is 24.1 Å². The van der Waals surface area contributed by atoms with Crippen molar-refractivity contribution in [2.75, 3.05) is 11.9 Å². The van der Waals surface area contributed by atoms with E-state index in [1.165, 1.54) is 68.8 Å². The van der Waals surface area contributed by atoms with Crippen molar-refractivity contribution in [2.45, 2.75) is 110 Å². The molecule has 4 aromatic rings. The van der Waals surface area contributed by atoms with Crippen molar-refractivity contribution in [3.63, 3.8) is 0 Å². The molecule has 2 aromatic heterocycles. The maximum absolute atomic E-state index is 12.9. The first kappa shape index (κ1) is 34.2. The first-order valence-corrected chi connectivity index (χ1v) is 16.9. The van der Waals surface area contributed by atoms with Crippen LogP contribution in [0.5, 0.6) is 0 Å². The van der Waals surface area contributed by atoms with Gasteiger partial charge in [0.2, 0.25) is 0 Å². The third kappa shape index (κ3) is 9.92. The number of anilines is 1. The fourth-order valence-electron chi connectivity index (χ4n) is 5.30. The van der Waals surface area contributed by atoms with Crippen LogP contribution in [-0.2, 0) is 10.2 Å². The highest BCUT2D eigenvalue weighted by molar-refractivity contribution is 6.34. The fourth-order valence-corrected chi connectivity index (χ4v) is 5.75. The van der Waals surface area contributed by atoms with Crippen LogP contribution in [0.3, 0.4) is 0 Å². The summed E-state index contributed by atoms with van der Waals surface area (Å²) in [5.74, 6) is -0.0600. The first-order valence-electron chi connectivity index (χ1n) is 16.5. The van der Waals surface area contributed by atoms with E-state index in [1.54, 1.807) is 24.3 Å². The smallest absolute Gasteiger partial charge is 0.338 e. The normalized spacial score (nSPS) is 11.7. The first-order chi connectivity index (χ1) is 21.7. The van der Waals surface area contributed by atoms with Gasteiger partial charge in [0.15, 0.2) is 11.5 Å². The Morgan fingerprint density at radius 2 is 1.44 bits per heavy atom. The average molecular weight is 634 g/mol. The molecule has 0 radical (unpaired) electrons. The van der Waals surface area contributed by atoms with E-state index >= 15 is 0 Å². The number of H-pyrrole nitrogens is 1. The van der Waals surface area contributed by atoms with Crippen LogP contribution in [-0.4, -0.2) is 38.3 Å². The summed E-state index contributed by atoms with van der Waals surface area (Å²) >= 11 is 6.57. The Bertz CT molecular complexity index is 1530. The largest absolute Gasteiger partial charge is 0.462 e. The van der Waals surface area contributed by atoms with Crippen LogP contribution in [0.2, 0.25) is 5.02 Å². The quantitative estimate of drug-likeness (QED) is 0.0890. The highest BCUT2D eigenvalue weighted by Crippen LogP contribution is 2.32. The zero-order chi connectivity index (χ0) is 32.2. The van der Waals surface area contributed by atoms with E-state index in [1.807, 2.05) is 45.0 Å². The molecule has 0 bridgehead atoms. The number of ether oxygens (including phenoxy) is 1. The lowest BCUT2D eigenvalue weighted by Gasteiger charge is -2.14. The summed E-state index contributed by atoms with van der Waals surface area (Å²) in [6, 6.07) is 13.9. The summed E-state index contributed by atoms with van der Waals surface area (Å²) in [5, 5.41) is 12.6. The number of rotatable bonds is 17. The van der Waals surface area contributed by atoms with Gasteiger partial charge in [0.05, 0.1) is 17.9 Å². The number of halogens is 1. The lowest BCUT2D eigenvalue weighted by Crippen LogP contribution is -2.13. The maximum atomic E-state index is 12.9. The highest BCUT2D eigenvalue weighted by atomic mass is 35.5. The van der Waals surface area contributed by atoms with E-state index in [0.29, 0.717) is 39.9 Å². The number of esters is 1. The Morgan fingerprint density at radius 3 is 2.04 bits per heavy atom. The molecule has 0 saturated carbocycles. The second kappa shape index (κ2) is 16.6. The van der Waals surface area contributed by atoms with Gasteiger partial charge in [-0.2, -0.15) is 5.10 Å². The van der Waals surface area contributed by atoms with Gasteiger partial charge in [-0.3, -0.25) is 4.79 Å². The summed E-state index contributed by atoms with van der Waals surface area (Å²) in [7, 11) is 0. The minimum Gasteiger partial charge on any atom is -0.462 e. The predicted octanol–water partition coefficient (Wildman–Crippen LogP) is 9.79. The molecule has 2 N–H and O–H groups in total. The highest BCUT2D eigenvalue weighted by Gasteiger charge is 2.25. The minimum absolute atomic E-state index is 0.208. The number of aromatic amines is 1. The molecular weight excluding hydrogens is 586 g/mol. The molecule has 45 heavy (non-hydrogen) atoms. The van der Waals surface area contributed by atoms with Gasteiger partial charge in [-0.1, -0.05) is 122 Å². The van der Waals surface area contributed by atoms with Gasteiger partial charge in [0.25, 0.3) is 5.91 Å². The second-order valence-corrected chi connectivity index (χ2v) is 13.2. The Morgan fingerprint density at radius 1 is 0.844 bits per heavy atom. The van der Waals surface area contributed by atoms with E-state index < -0.39 is 0 Å². The lowest BCUT2D eigenvalue weighted by atomic mass is 9.92. The van der Waals surface area contributed by atoms with E-state index in [9.17, 15) is 9.59 Å². The number of fused-ring (bicyclic) bond motifs is 1. The molecule has 8 nitrogen and oxygen atoms in total. The number of amides is 1. The zero-order valence-corrected chi connectivity index (χ0v) is 28.0. The van der Waals surface area contributed by atoms with Crippen molar-refractivity contribution in [3.05, 3.63) is 70.4 Å². The number of unbranched alkanes of at least 4 members (excludes halogenated alkanes) is 11. The molecule has 0 unspecified atom stereocenters. The Hall–Kier alpha value is -3.65. The zero-order valence-electron chi connectivity index (χ0n) is 27.3. The average Bonchev–Trinajstić information content (AvgIpc) is 3.59. The van der Waals surface area contributed by atoms with Crippen molar-refractivity contribution in [2.24, 2.45) is 0 Å². The summed E-state index contributed by atoms with van der Waals surface area (Å²) in [5.41, 5.74) is 3.45. The monoisotopic (exact) mass is 633 g/mol. The molecule has 4 rings (SSSR count). The van der Waals surface area contributed by atoms with Crippen molar-refractivity contribution >= 4 is 34.8 Å². The maximum Gasteiger partial charge on any atom is 0.338 e. The van der Waals surface area contributed by atoms with Gasteiger partial charge in [-0.25, -0.2) is 4.79 Å². The molecule has 0 aliphatic heterocycles. The summed E-state index contributed by atoms with van der Waals surface area (Å²) in [6.45, 7) is 8.82. The van der Waals surface area contributed by atoms with E-state index in [2.05, 4.69) is 27.4 Å². The SMILES string of the molecule is CCCCCCCCCCCCCCOC(=O)c1ccc(C(=O)Nc2cccc(-c3nn4nc(C(C)(C)C)c(Cl)c4[nH]3)c2)cc1. The van der Waals surface area contributed by atoms with Crippen molar-refractivity contribution in [1.82, 2.24) is 19.8 Å². The van der Waals surface area contributed by atoms with Crippen LogP contribution in [0, 0.1) is 0 Å². The van der Waals surface area contributed by atoms with Crippen LogP contribution < -0.4 is 5.32 Å². The third-order valence-electron chi connectivity index (χ3n) is 7.96. The number of carbonyl (C=O) groups is 2. The number of carbonyl (C=O) groups excluding carboxylic acids is 2. The van der Waals surface area contributed by atoms with Crippen LogP contribution in [0.4, 0.5) is 5.69 Å². The second-order valence-electron chi connectivity index (χ2n) is 12.9. The molecule has 0 aliphatic carbocycles. The van der Waals surface area contributed by atoms with Crippen molar-refractivity contribution in [3.8, 4) is 11.4 Å². The summed E-state index contributed by atoms with van der Waals surface area (Å²) < 4.78 is 6.96. The minimum atomic E-state index is -0.364. The van der Waals surface area contributed by atoms with Gasteiger partial charge in [0.1, 0.15) is 5.02 Å². The number of nitrogens with zero attached hydrogens (tertiary/aromatic N) is 3. The van der Waals surface area contributed by atoms with Gasteiger partial charge in [-0.05, 0) is 42.8 Å². The molecule has 2 heterocycles. The van der Waals surface area contributed by atoms with Gasteiger partial charge in [0, 0.05) is 22.2 Å². The summed E-state index contributed by atoms with van der Waals surface area (Å²) in [4.78, 5) is 28.7. The van der Waals surface area contributed by atoms with Gasteiger partial charge < -0.3 is 15.0 Å². The number of aromatic nitrogens is 4. The van der Waals surface area contributed by atoms with Crippen LogP contribution >= 0.6 is 11.6 Å². The Labute approximate surface area is 272 Å². The molecule has 0 atom stereocenters. The summed E-state index contributed by atoms with van der Waals surface area (Å²) in [6.07, 6.45) is 15.2. The van der Waals surface area contributed by atoms with Crippen LogP contribution in [0.15, 0.2) is 48.5 Å². The molecule has 9 heteroatoms. The number of hydrogen-bond acceptors (Lipinski definition) is 5. The lowest BCUT2D eigenvalue weighted by molar-refractivity contribution is 0.0497. The molecule has 0 spiro atoms. The Balaban J connectivity index is 1.19. The standard InChI is InChI=1S/C36H48ClN5O3/c1-5-6-7-8-9-10-11-12-13-14-15-16-24-45-35(44)27-22-20-26(21-23-27)34(43)38-29-19-17-18-28(25-29)32-39-33-30(37)31(36(2,3)4)40-42(33)41-32/h17-23,25H,5-16,24H2,1-4H3,(H,38,43)(H,39,41). The van der Waals surface area contributed by atoms with Crippen LogP contribution in [0.25, 0.3) is 17.0 Å². The van der Waals surface area contributed by atoms with Crippen molar-refractivity contribution < 1.29 is 14.3 Å². The molecule has 2 aromatic carbocycles. The number of hydrogen-bond donors (Lipinski definition) is 2. The molecule has 0 aliphatic rings. The molecule has 1 amide bonds. The molecule has 0 fully saturated rings. The molecule has 0 saturated heterocycles. The van der Waals surface area contributed by atoms with E-state index in [-0.39, 0.29) is 17.3 Å². The molecule has 242 valence electrons. The van der Waals surface area contributed by atoms with Gasteiger partial charge >= 0.3 is 5.97 Å². The number of nitrogens with one attached hydrogen (secondary N) is 2. The topological polar surface area (TPSA) is 101 Å². The number of benzene rings is 2. The third-order valence-corrected chi connectivity index (χ3v) is 8.32. The predicted molar refractivity (Wildman–Crippen MR) is 182 cm³/mol. The van der Waals surface area contributed by atoms with Gasteiger partial charge in [-0.15, -0.1) is 9.73 Å². The Kier molecular flexibility index (Phi) is 12.6. The molecular formula is C36H48ClN5O3. The van der Waals surface area contributed by atoms with E-state index in [4.69, 9.17) is 16.3 Å².